The van der Waals surface area contributed by atoms with Crippen LogP contribution in [0.2, 0.25) is 5.02 Å². The molecule has 2 heterocycles. The molecule has 4 rings (SSSR count). The summed E-state index contributed by atoms with van der Waals surface area (Å²) in [5.74, 6) is -0.124. The first-order valence-corrected chi connectivity index (χ1v) is 11.1. The Hall–Kier alpha value is -2.98. The first-order chi connectivity index (χ1) is 14.9. The van der Waals surface area contributed by atoms with Crippen LogP contribution in [0.15, 0.2) is 71.8 Å². The van der Waals surface area contributed by atoms with Crippen molar-refractivity contribution in [3.8, 4) is 11.6 Å². The highest BCUT2D eigenvalue weighted by Crippen LogP contribution is 2.34. The van der Waals surface area contributed by atoms with E-state index < -0.39 is 22.0 Å². The molecule has 160 valence electrons. The van der Waals surface area contributed by atoms with E-state index in [9.17, 15) is 18.4 Å². The van der Waals surface area contributed by atoms with E-state index in [1.54, 1.807) is 41.9 Å². The number of ether oxygens (including phenoxy) is 1. The van der Waals surface area contributed by atoms with E-state index in [1.165, 1.54) is 18.3 Å². The zero-order valence-corrected chi connectivity index (χ0v) is 17.7. The van der Waals surface area contributed by atoms with Crippen LogP contribution < -0.4 is 10.2 Å². The minimum absolute atomic E-state index is 0.0838. The molecule has 0 saturated heterocycles. The van der Waals surface area contributed by atoms with Crippen molar-refractivity contribution in [3.63, 3.8) is 0 Å². The van der Waals surface area contributed by atoms with Gasteiger partial charge in [0.15, 0.2) is 0 Å². The summed E-state index contributed by atoms with van der Waals surface area (Å²) < 4.78 is 33.3. The predicted octanol–water partition coefficient (Wildman–Crippen LogP) is 3.32. The molecule has 0 aliphatic carbocycles. The fraction of sp³-hybridized carbons (Fsp3) is 0.143. The maximum atomic E-state index is 13.3. The number of hydrogen-bond acceptors (Lipinski definition) is 6. The minimum atomic E-state index is -4.08. The van der Waals surface area contributed by atoms with E-state index >= 15 is 0 Å². The third kappa shape index (κ3) is 4.26. The zero-order valence-electron chi connectivity index (χ0n) is 16.1. The van der Waals surface area contributed by atoms with Gasteiger partial charge in [-0.3, -0.25) is 10.0 Å². The topological polar surface area (TPSA) is 109 Å². The number of rotatable bonds is 5. The van der Waals surface area contributed by atoms with E-state index in [0.717, 1.165) is 9.87 Å². The molecule has 0 spiro atoms. The Balaban J connectivity index is 1.62. The summed E-state index contributed by atoms with van der Waals surface area (Å²) in [5, 5.41) is 9.76. The van der Waals surface area contributed by atoms with Gasteiger partial charge in [0.05, 0.1) is 6.20 Å². The Labute approximate surface area is 184 Å². The third-order valence-electron chi connectivity index (χ3n) is 4.95. The summed E-state index contributed by atoms with van der Waals surface area (Å²) in [5.41, 5.74) is 2.96. The molecule has 0 fully saturated rings. The van der Waals surface area contributed by atoms with Crippen LogP contribution >= 0.6 is 11.6 Å². The molecule has 2 N–H and O–H groups in total. The van der Waals surface area contributed by atoms with Gasteiger partial charge in [0, 0.05) is 17.6 Å². The molecule has 3 aromatic rings. The number of hydroxylamine groups is 1. The van der Waals surface area contributed by atoms with Crippen LogP contribution in [0, 0.1) is 0 Å². The summed E-state index contributed by atoms with van der Waals surface area (Å²) in [6.07, 6.45) is 1.62. The van der Waals surface area contributed by atoms with Crippen LogP contribution in [0.25, 0.3) is 0 Å². The minimum Gasteiger partial charge on any atom is -0.439 e. The fourth-order valence-corrected chi connectivity index (χ4v) is 5.12. The number of aromatic nitrogens is 1. The Morgan fingerprint density at radius 3 is 2.55 bits per heavy atom. The molecule has 8 nitrogen and oxygen atoms in total. The molecule has 1 aliphatic rings. The number of hydrogen-bond donors (Lipinski definition) is 2. The summed E-state index contributed by atoms with van der Waals surface area (Å²) in [6.45, 7) is 0.0838. The molecule has 0 radical (unpaired) electrons. The van der Waals surface area contributed by atoms with Crippen LogP contribution in [0.1, 0.15) is 17.2 Å². The van der Waals surface area contributed by atoms with Gasteiger partial charge in [0.2, 0.25) is 15.9 Å². The Bertz CT molecular complexity index is 1200. The van der Waals surface area contributed by atoms with Gasteiger partial charge in [-0.05, 0) is 47.9 Å². The lowest BCUT2D eigenvalue weighted by atomic mass is 9.94. The summed E-state index contributed by atoms with van der Waals surface area (Å²) in [7, 11) is -4.08. The molecule has 0 bridgehead atoms. The van der Waals surface area contributed by atoms with Gasteiger partial charge < -0.3 is 4.74 Å². The quantitative estimate of drug-likeness (QED) is 0.447. The number of amides is 1. The second-order valence-electron chi connectivity index (χ2n) is 6.83. The number of carbonyl (C=O) groups excluding carboxylic acids is 1. The molecule has 1 aromatic heterocycles. The second kappa shape index (κ2) is 8.64. The Kier molecular flexibility index (Phi) is 5.92. The number of nitrogens with one attached hydrogen (secondary N) is 1. The Morgan fingerprint density at radius 2 is 1.87 bits per heavy atom. The molecule has 1 amide bonds. The van der Waals surface area contributed by atoms with Gasteiger partial charge in [-0.1, -0.05) is 35.9 Å². The van der Waals surface area contributed by atoms with Crippen LogP contribution in [-0.2, 0) is 21.2 Å². The van der Waals surface area contributed by atoms with Gasteiger partial charge in [0.1, 0.15) is 16.7 Å². The standard InChI is InChI=1S/C21H18ClN3O5S/c22-15-5-7-16(8-6-15)30-19-10-9-17(13-23-19)31(28,29)25-12-11-14-3-1-2-4-18(14)20(25)21(26)24-27/h1-10,13,20,27H,11-12H2,(H,24,26)/t20-/m1/s1. The average molecular weight is 460 g/mol. The van der Waals surface area contributed by atoms with E-state index in [4.69, 9.17) is 16.3 Å². The number of carbonyl (C=O) groups is 1. The highest BCUT2D eigenvalue weighted by atomic mass is 35.5. The van der Waals surface area contributed by atoms with E-state index in [1.807, 2.05) is 12.1 Å². The SMILES string of the molecule is O=C(NO)[C@H]1c2ccccc2CCN1S(=O)(=O)c1ccc(Oc2ccc(Cl)cc2)nc1. The van der Waals surface area contributed by atoms with Crippen molar-refractivity contribution in [2.24, 2.45) is 0 Å². The Morgan fingerprint density at radius 1 is 1.13 bits per heavy atom. The lowest BCUT2D eigenvalue weighted by Gasteiger charge is -2.34. The number of fused-ring (bicyclic) bond motifs is 1. The van der Waals surface area contributed by atoms with Gasteiger partial charge in [0.25, 0.3) is 5.91 Å². The van der Waals surface area contributed by atoms with Crippen molar-refractivity contribution in [3.05, 3.63) is 83.0 Å². The van der Waals surface area contributed by atoms with Crippen molar-refractivity contribution in [1.82, 2.24) is 14.8 Å². The van der Waals surface area contributed by atoms with Crippen LogP contribution in [0.3, 0.4) is 0 Å². The largest absolute Gasteiger partial charge is 0.439 e. The average Bonchev–Trinajstić information content (AvgIpc) is 2.79. The monoisotopic (exact) mass is 459 g/mol. The van der Waals surface area contributed by atoms with Crippen LogP contribution in [0.5, 0.6) is 11.6 Å². The van der Waals surface area contributed by atoms with Gasteiger partial charge >= 0.3 is 0 Å². The van der Waals surface area contributed by atoms with E-state index in [-0.39, 0.29) is 17.3 Å². The lowest BCUT2D eigenvalue weighted by molar-refractivity contribution is -0.133. The molecule has 1 atom stereocenters. The van der Waals surface area contributed by atoms with Crippen molar-refractivity contribution >= 4 is 27.5 Å². The first-order valence-electron chi connectivity index (χ1n) is 9.33. The van der Waals surface area contributed by atoms with E-state index in [0.29, 0.717) is 22.8 Å². The normalized spacial score (nSPS) is 16.4. The first kappa shape index (κ1) is 21.3. The highest BCUT2D eigenvalue weighted by Gasteiger charge is 2.40. The molecular formula is C21H18ClN3O5S. The molecule has 0 saturated carbocycles. The number of nitrogens with zero attached hydrogens (tertiary/aromatic N) is 2. The van der Waals surface area contributed by atoms with E-state index in [2.05, 4.69) is 4.98 Å². The summed E-state index contributed by atoms with van der Waals surface area (Å²) in [4.78, 5) is 16.4. The molecular weight excluding hydrogens is 442 g/mol. The number of benzene rings is 2. The van der Waals surface area contributed by atoms with Crippen molar-refractivity contribution in [1.29, 1.82) is 0 Å². The third-order valence-corrected chi connectivity index (χ3v) is 7.05. The molecule has 0 unspecified atom stereocenters. The fourth-order valence-electron chi connectivity index (χ4n) is 3.47. The van der Waals surface area contributed by atoms with Crippen molar-refractivity contribution in [2.75, 3.05) is 6.54 Å². The van der Waals surface area contributed by atoms with Crippen molar-refractivity contribution in [2.45, 2.75) is 17.4 Å². The maximum Gasteiger partial charge on any atom is 0.266 e. The highest BCUT2D eigenvalue weighted by molar-refractivity contribution is 7.89. The smallest absolute Gasteiger partial charge is 0.266 e. The zero-order chi connectivity index (χ0) is 22.0. The molecule has 31 heavy (non-hydrogen) atoms. The number of pyridine rings is 1. The maximum absolute atomic E-state index is 13.3. The summed E-state index contributed by atoms with van der Waals surface area (Å²) >= 11 is 5.85. The predicted molar refractivity (Wildman–Crippen MR) is 112 cm³/mol. The van der Waals surface area contributed by atoms with Gasteiger partial charge in [-0.15, -0.1) is 0 Å². The molecule has 10 heteroatoms. The van der Waals surface area contributed by atoms with Gasteiger partial charge in [-0.2, -0.15) is 4.31 Å². The second-order valence-corrected chi connectivity index (χ2v) is 9.16. The molecule has 2 aromatic carbocycles. The number of sulfonamides is 1. The van der Waals surface area contributed by atoms with Gasteiger partial charge in [-0.25, -0.2) is 18.9 Å². The van der Waals surface area contributed by atoms with Crippen LogP contribution in [-0.4, -0.2) is 35.4 Å². The lowest BCUT2D eigenvalue weighted by Crippen LogP contribution is -2.46. The van der Waals surface area contributed by atoms with Crippen molar-refractivity contribution < 1.29 is 23.2 Å². The van der Waals surface area contributed by atoms with Crippen LogP contribution in [0.4, 0.5) is 0 Å². The summed E-state index contributed by atoms with van der Waals surface area (Å²) in [6, 6.07) is 15.3. The number of halogens is 1. The molecule has 1 aliphatic heterocycles.